The normalized spacial score (nSPS) is 21.5. The monoisotopic (exact) mass is 179 g/mol. The maximum Gasteiger partial charge on any atom is 0.124 e. The fourth-order valence-electron chi connectivity index (χ4n) is 1.57. The Bertz CT molecular complexity index is 288. The largest absolute Gasteiger partial charge is 0.492 e. The van der Waals surface area contributed by atoms with Crippen LogP contribution in [0.4, 0.5) is 0 Å². The van der Waals surface area contributed by atoms with Gasteiger partial charge in [-0.05, 0) is 6.07 Å². The van der Waals surface area contributed by atoms with E-state index in [9.17, 15) is 0 Å². The molecule has 1 aromatic rings. The molecule has 1 aliphatic rings. The fraction of sp³-hybridized carbons (Fsp3) is 0.400. The summed E-state index contributed by atoms with van der Waals surface area (Å²) in [5, 5.41) is 12.4. The predicted octanol–water partition coefficient (Wildman–Crippen LogP) is 0.702. The molecule has 0 saturated heterocycles. The fourth-order valence-corrected chi connectivity index (χ4v) is 1.57. The third-order valence-corrected chi connectivity index (χ3v) is 2.23. The van der Waals surface area contributed by atoms with Gasteiger partial charge in [-0.15, -0.1) is 0 Å². The van der Waals surface area contributed by atoms with Crippen molar-refractivity contribution in [1.82, 2.24) is 5.32 Å². The van der Waals surface area contributed by atoms with Crippen LogP contribution in [0.15, 0.2) is 24.3 Å². The highest BCUT2D eigenvalue weighted by molar-refractivity contribution is 5.36. The Labute approximate surface area is 77.3 Å². The molecule has 1 heterocycles. The standard InChI is InChI=1S/C10H13NO2/c12-7-9-8-3-1-2-4-10(8)13-6-5-11-9/h1-4,9,11-12H,5-7H2/t9-/m1/s1. The Hall–Kier alpha value is -1.06. The molecule has 3 nitrogen and oxygen atoms in total. The summed E-state index contributed by atoms with van der Waals surface area (Å²) >= 11 is 0. The van der Waals surface area contributed by atoms with Gasteiger partial charge in [-0.25, -0.2) is 0 Å². The van der Waals surface area contributed by atoms with Crippen molar-refractivity contribution in [2.24, 2.45) is 0 Å². The van der Waals surface area contributed by atoms with E-state index in [0.29, 0.717) is 6.61 Å². The summed E-state index contributed by atoms with van der Waals surface area (Å²) in [6.45, 7) is 1.55. The van der Waals surface area contributed by atoms with Crippen molar-refractivity contribution < 1.29 is 9.84 Å². The van der Waals surface area contributed by atoms with E-state index in [1.807, 2.05) is 24.3 Å². The van der Waals surface area contributed by atoms with E-state index in [-0.39, 0.29) is 12.6 Å². The molecule has 0 spiro atoms. The number of hydrogen-bond donors (Lipinski definition) is 2. The van der Waals surface area contributed by atoms with Gasteiger partial charge in [0.2, 0.25) is 0 Å². The summed E-state index contributed by atoms with van der Waals surface area (Å²) in [6.07, 6.45) is 0. The van der Waals surface area contributed by atoms with Gasteiger partial charge in [-0.2, -0.15) is 0 Å². The van der Waals surface area contributed by atoms with Gasteiger partial charge < -0.3 is 15.2 Å². The predicted molar refractivity (Wildman–Crippen MR) is 49.8 cm³/mol. The lowest BCUT2D eigenvalue weighted by Crippen LogP contribution is -2.25. The Balaban J connectivity index is 2.35. The van der Waals surface area contributed by atoms with Crippen LogP contribution in [-0.4, -0.2) is 24.9 Å². The lowest BCUT2D eigenvalue weighted by Gasteiger charge is -2.13. The molecule has 0 saturated carbocycles. The molecule has 0 fully saturated rings. The molecule has 1 aliphatic heterocycles. The first-order chi connectivity index (χ1) is 6.42. The number of hydrogen-bond acceptors (Lipinski definition) is 3. The van der Waals surface area contributed by atoms with Crippen LogP contribution in [0.2, 0.25) is 0 Å². The van der Waals surface area contributed by atoms with Gasteiger partial charge in [-0.3, -0.25) is 0 Å². The summed E-state index contributed by atoms with van der Waals surface area (Å²) in [5.74, 6) is 0.881. The molecule has 0 aliphatic carbocycles. The Morgan fingerprint density at radius 1 is 1.46 bits per heavy atom. The lowest BCUT2D eigenvalue weighted by molar-refractivity contribution is 0.245. The zero-order valence-electron chi connectivity index (χ0n) is 7.36. The maximum absolute atomic E-state index is 9.14. The van der Waals surface area contributed by atoms with Gasteiger partial charge >= 0.3 is 0 Å². The number of aliphatic hydroxyl groups is 1. The van der Waals surface area contributed by atoms with Crippen LogP contribution in [0.5, 0.6) is 5.75 Å². The molecule has 2 rings (SSSR count). The summed E-state index contributed by atoms with van der Waals surface area (Å²) < 4.78 is 5.51. The molecule has 0 radical (unpaired) electrons. The van der Waals surface area contributed by atoms with Crippen LogP contribution >= 0.6 is 0 Å². The van der Waals surface area contributed by atoms with Crippen LogP contribution in [0.25, 0.3) is 0 Å². The van der Waals surface area contributed by atoms with Crippen molar-refractivity contribution in [1.29, 1.82) is 0 Å². The quantitative estimate of drug-likeness (QED) is 0.667. The van der Waals surface area contributed by atoms with Crippen LogP contribution in [0, 0.1) is 0 Å². The molecule has 3 heteroatoms. The first kappa shape index (κ1) is 8.53. The van der Waals surface area contributed by atoms with Crippen molar-refractivity contribution in [2.45, 2.75) is 6.04 Å². The highest BCUT2D eigenvalue weighted by Crippen LogP contribution is 2.26. The molecule has 0 unspecified atom stereocenters. The summed E-state index contributed by atoms with van der Waals surface area (Å²) in [5.41, 5.74) is 1.04. The zero-order valence-corrected chi connectivity index (χ0v) is 7.36. The van der Waals surface area contributed by atoms with E-state index >= 15 is 0 Å². The van der Waals surface area contributed by atoms with Crippen molar-refractivity contribution >= 4 is 0 Å². The summed E-state index contributed by atoms with van der Waals surface area (Å²) in [7, 11) is 0. The number of rotatable bonds is 1. The van der Waals surface area contributed by atoms with E-state index in [2.05, 4.69) is 5.32 Å². The first-order valence-corrected chi connectivity index (χ1v) is 4.48. The minimum absolute atomic E-state index is 0.0127. The van der Waals surface area contributed by atoms with Crippen LogP contribution in [-0.2, 0) is 0 Å². The number of ether oxygens (including phenoxy) is 1. The van der Waals surface area contributed by atoms with Gasteiger partial charge in [0, 0.05) is 12.1 Å². The second kappa shape index (κ2) is 3.77. The summed E-state index contributed by atoms with van der Waals surface area (Å²) in [4.78, 5) is 0. The van der Waals surface area contributed by atoms with E-state index in [4.69, 9.17) is 9.84 Å². The smallest absolute Gasteiger partial charge is 0.124 e. The number of benzene rings is 1. The molecule has 0 amide bonds. The third-order valence-electron chi connectivity index (χ3n) is 2.23. The van der Waals surface area contributed by atoms with Crippen LogP contribution in [0.1, 0.15) is 11.6 Å². The molecule has 2 N–H and O–H groups in total. The summed E-state index contributed by atoms with van der Waals surface area (Å²) in [6, 6.07) is 7.83. The third kappa shape index (κ3) is 1.66. The highest BCUT2D eigenvalue weighted by atomic mass is 16.5. The van der Waals surface area contributed by atoms with Gasteiger partial charge in [0.25, 0.3) is 0 Å². The van der Waals surface area contributed by atoms with Crippen molar-refractivity contribution in [3.8, 4) is 5.75 Å². The molecular formula is C10H13NO2. The SMILES string of the molecule is OC[C@H]1NCCOc2ccccc21. The second-order valence-electron chi connectivity index (χ2n) is 3.08. The van der Waals surface area contributed by atoms with Crippen molar-refractivity contribution in [3.63, 3.8) is 0 Å². The van der Waals surface area contributed by atoms with E-state index in [1.54, 1.807) is 0 Å². The van der Waals surface area contributed by atoms with E-state index in [0.717, 1.165) is 17.9 Å². The van der Waals surface area contributed by atoms with E-state index < -0.39 is 0 Å². The molecule has 0 bridgehead atoms. The average Bonchev–Trinajstić information content (AvgIpc) is 2.39. The number of fused-ring (bicyclic) bond motifs is 1. The van der Waals surface area contributed by atoms with Gasteiger partial charge in [0.15, 0.2) is 0 Å². The molecule has 1 aromatic carbocycles. The topological polar surface area (TPSA) is 41.5 Å². The number of para-hydroxylation sites is 1. The number of nitrogens with one attached hydrogen (secondary N) is 1. The Morgan fingerprint density at radius 2 is 2.31 bits per heavy atom. The van der Waals surface area contributed by atoms with Gasteiger partial charge in [0.1, 0.15) is 12.4 Å². The molecular weight excluding hydrogens is 166 g/mol. The second-order valence-corrected chi connectivity index (χ2v) is 3.08. The van der Waals surface area contributed by atoms with Crippen LogP contribution < -0.4 is 10.1 Å². The van der Waals surface area contributed by atoms with Crippen molar-refractivity contribution in [3.05, 3.63) is 29.8 Å². The lowest BCUT2D eigenvalue weighted by atomic mass is 10.1. The van der Waals surface area contributed by atoms with Gasteiger partial charge in [-0.1, -0.05) is 18.2 Å². The minimum Gasteiger partial charge on any atom is -0.492 e. The maximum atomic E-state index is 9.14. The van der Waals surface area contributed by atoms with E-state index in [1.165, 1.54) is 0 Å². The number of aliphatic hydroxyl groups excluding tert-OH is 1. The first-order valence-electron chi connectivity index (χ1n) is 4.48. The van der Waals surface area contributed by atoms with Gasteiger partial charge in [0.05, 0.1) is 12.6 Å². The molecule has 1 atom stereocenters. The molecule has 70 valence electrons. The Morgan fingerprint density at radius 3 is 3.15 bits per heavy atom. The van der Waals surface area contributed by atoms with Crippen LogP contribution in [0.3, 0.4) is 0 Å². The zero-order chi connectivity index (χ0) is 9.10. The molecule has 13 heavy (non-hydrogen) atoms. The highest BCUT2D eigenvalue weighted by Gasteiger charge is 2.17. The average molecular weight is 179 g/mol. The minimum atomic E-state index is 0.0127. The molecule has 0 aromatic heterocycles. The van der Waals surface area contributed by atoms with Crippen molar-refractivity contribution in [2.75, 3.05) is 19.8 Å². The Kier molecular flexibility index (Phi) is 2.47.